The van der Waals surface area contributed by atoms with E-state index in [1.165, 1.54) is 11.1 Å². The molecular weight excluding hydrogens is 188 g/mol. The molecule has 2 rings (SSSR count). The lowest BCUT2D eigenvalue weighted by Crippen LogP contribution is -2.25. The number of ether oxygens (including phenoxy) is 1. The molecule has 2 heteroatoms. The Labute approximate surface area is 90.9 Å². The van der Waals surface area contributed by atoms with Gasteiger partial charge in [-0.05, 0) is 25.3 Å². The zero-order chi connectivity index (χ0) is 10.7. The standard InChI is InChI=1S/C13H18O2/c1-10-4-2-5-11(8-10)13-12(9-14)6-3-7-15-13/h2,4-5,8,12-14H,3,6-7,9H2,1H3. The van der Waals surface area contributed by atoms with Crippen molar-refractivity contribution in [1.82, 2.24) is 0 Å². The van der Waals surface area contributed by atoms with Gasteiger partial charge < -0.3 is 9.84 Å². The topological polar surface area (TPSA) is 29.5 Å². The first-order valence-corrected chi connectivity index (χ1v) is 5.60. The molecule has 2 nitrogen and oxygen atoms in total. The SMILES string of the molecule is Cc1cccc(C2OCCCC2CO)c1. The second kappa shape index (κ2) is 4.77. The van der Waals surface area contributed by atoms with Crippen LogP contribution in [0.5, 0.6) is 0 Å². The molecule has 0 bridgehead atoms. The van der Waals surface area contributed by atoms with Gasteiger partial charge >= 0.3 is 0 Å². The number of aliphatic hydroxyl groups excluding tert-OH is 1. The van der Waals surface area contributed by atoms with E-state index in [0.717, 1.165) is 19.4 Å². The fourth-order valence-electron chi connectivity index (χ4n) is 2.25. The summed E-state index contributed by atoms with van der Waals surface area (Å²) in [5, 5.41) is 9.31. The molecule has 1 saturated heterocycles. The summed E-state index contributed by atoms with van der Waals surface area (Å²) in [6, 6.07) is 8.38. The van der Waals surface area contributed by atoms with Crippen molar-refractivity contribution < 1.29 is 9.84 Å². The average Bonchev–Trinajstić information content (AvgIpc) is 2.29. The lowest BCUT2D eigenvalue weighted by Gasteiger charge is -2.30. The Bertz CT molecular complexity index is 322. The number of hydrogen-bond donors (Lipinski definition) is 1. The Kier molecular flexibility index (Phi) is 3.39. The van der Waals surface area contributed by atoms with Gasteiger partial charge in [0.2, 0.25) is 0 Å². The van der Waals surface area contributed by atoms with Gasteiger partial charge in [-0.1, -0.05) is 29.8 Å². The Hall–Kier alpha value is -0.860. The van der Waals surface area contributed by atoms with Gasteiger partial charge in [-0.25, -0.2) is 0 Å². The highest BCUT2D eigenvalue weighted by atomic mass is 16.5. The minimum absolute atomic E-state index is 0.0867. The highest BCUT2D eigenvalue weighted by molar-refractivity contribution is 5.25. The van der Waals surface area contributed by atoms with Gasteiger partial charge in [0, 0.05) is 19.1 Å². The summed E-state index contributed by atoms with van der Waals surface area (Å²) in [5.41, 5.74) is 2.45. The first-order chi connectivity index (χ1) is 7.31. The summed E-state index contributed by atoms with van der Waals surface area (Å²) in [4.78, 5) is 0. The molecule has 0 amide bonds. The molecule has 1 aromatic rings. The van der Waals surface area contributed by atoms with Crippen LogP contribution in [0.2, 0.25) is 0 Å². The van der Waals surface area contributed by atoms with Crippen molar-refractivity contribution >= 4 is 0 Å². The van der Waals surface area contributed by atoms with E-state index in [1.807, 2.05) is 0 Å². The van der Waals surface area contributed by atoms with Crippen molar-refractivity contribution in [3.8, 4) is 0 Å². The highest BCUT2D eigenvalue weighted by Gasteiger charge is 2.26. The van der Waals surface area contributed by atoms with E-state index in [-0.39, 0.29) is 18.6 Å². The van der Waals surface area contributed by atoms with Crippen molar-refractivity contribution in [2.45, 2.75) is 25.9 Å². The van der Waals surface area contributed by atoms with Crippen LogP contribution in [0.4, 0.5) is 0 Å². The van der Waals surface area contributed by atoms with Gasteiger partial charge in [0.15, 0.2) is 0 Å². The van der Waals surface area contributed by atoms with E-state index in [1.54, 1.807) is 0 Å². The third-order valence-corrected chi connectivity index (χ3v) is 3.05. The van der Waals surface area contributed by atoms with Gasteiger partial charge in [-0.15, -0.1) is 0 Å². The van der Waals surface area contributed by atoms with Gasteiger partial charge in [0.25, 0.3) is 0 Å². The molecule has 1 aliphatic rings. The van der Waals surface area contributed by atoms with Crippen molar-refractivity contribution in [1.29, 1.82) is 0 Å². The van der Waals surface area contributed by atoms with E-state index in [0.29, 0.717) is 0 Å². The molecule has 0 saturated carbocycles. The largest absolute Gasteiger partial charge is 0.396 e. The van der Waals surface area contributed by atoms with E-state index in [9.17, 15) is 5.11 Å². The van der Waals surface area contributed by atoms with E-state index in [4.69, 9.17) is 4.74 Å². The van der Waals surface area contributed by atoms with Crippen LogP contribution in [0.15, 0.2) is 24.3 Å². The molecule has 0 radical (unpaired) electrons. The zero-order valence-electron chi connectivity index (χ0n) is 9.15. The van der Waals surface area contributed by atoms with E-state index in [2.05, 4.69) is 31.2 Å². The van der Waals surface area contributed by atoms with E-state index >= 15 is 0 Å². The molecule has 1 aliphatic heterocycles. The van der Waals surface area contributed by atoms with Gasteiger partial charge in [0.1, 0.15) is 0 Å². The quantitative estimate of drug-likeness (QED) is 0.805. The van der Waals surface area contributed by atoms with Crippen molar-refractivity contribution in [2.24, 2.45) is 5.92 Å². The Morgan fingerprint density at radius 2 is 2.33 bits per heavy atom. The summed E-state index contributed by atoms with van der Waals surface area (Å²) >= 11 is 0. The monoisotopic (exact) mass is 206 g/mol. The van der Waals surface area contributed by atoms with Crippen LogP contribution < -0.4 is 0 Å². The smallest absolute Gasteiger partial charge is 0.0875 e. The fraction of sp³-hybridized carbons (Fsp3) is 0.538. The Balaban J connectivity index is 2.20. The van der Waals surface area contributed by atoms with Gasteiger partial charge in [-0.3, -0.25) is 0 Å². The number of hydrogen-bond acceptors (Lipinski definition) is 2. The Morgan fingerprint density at radius 1 is 1.47 bits per heavy atom. The van der Waals surface area contributed by atoms with Crippen LogP contribution in [0.1, 0.15) is 30.1 Å². The van der Waals surface area contributed by atoms with Crippen LogP contribution >= 0.6 is 0 Å². The second-order valence-corrected chi connectivity index (χ2v) is 4.29. The summed E-state index contributed by atoms with van der Waals surface area (Å²) < 4.78 is 5.76. The molecule has 2 unspecified atom stereocenters. The number of benzene rings is 1. The lowest BCUT2D eigenvalue weighted by molar-refractivity contribution is -0.0457. The second-order valence-electron chi connectivity index (χ2n) is 4.29. The maximum absolute atomic E-state index is 9.31. The zero-order valence-corrected chi connectivity index (χ0v) is 9.15. The number of rotatable bonds is 2. The predicted molar refractivity (Wildman–Crippen MR) is 59.7 cm³/mol. The Morgan fingerprint density at radius 3 is 3.07 bits per heavy atom. The highest BCUT2D eigenvalue weighted by Crippen LogP contribution is 2.33. The molecule has 0 aliphatic carbocycles. The molecule has 0 aromatic heterocycles. The number of aryl methyl sites for hydroxylation is 1. The predicted octanol–water partition coefficient (Wildman–Crippen LogP) is 2.46. The van der Waals surface area contributed by atoms with E-state index < -0.39 is 0 Å². The molecule has 15 heavy (non-hydrogen) atoms. The molecule has 1 aromatic carbocycles. The summed E-state index contributed by atoms with van der Waals surface area (Å²) in [6.45, 7) is 3.12. The molecule has 1 heterocycles. The van der Waals surface area contributed by atoms with Crippen molar-refractivity contribution in [2.75, 3.05) is 13.2 Å². The fourth-order valence-corrected chi connectivity index (χ4v) is 2.25. The van der Waals surface area contributed by atoms with Gasteiger partial charge in [0.05, 0.1) is 6.10 Å². The summed E-state index contributed by atoms with van der Waals surface area (Å²) in [5.74, 6) is 0.264. The molecule has 1 N–H and O–H groups in total. The van der Waals surface area contributed by atoms with Crippen LogP contribution in [0.25, 0.3) is 0 Å². The third kappa shape index (κ3) is 2.39. The summed E-state index contributed by atoms with van der Waals surface area (Å²) in [6.07, 6.45) is 2.21. The average molecular weight is 206 g/mol. The summed E-state index contributed by atoms with van der Waals surface area (Å²) in [7, 11) is 0. The lowest BCUT2D eigenvalue weighted by atomic mass is 9.90. The number of aliphatic hydroxyl groups is 1. The van der Waals surface area contributed by atoms with Crippen molar-refractivity contribution in [3.05, 3.63) is 35.4 Å². The minimum atomic E-state index is 0.0867. The normalized spacial score (nSPS) is 26.5. The first kappa shape index (κ1) is 10.7. The molecule has 2 atom stereocenters. The minimum Gasteiger partial charge on any atom is -0.396 e. The maximum atomic E-state index is 9.31. The van der Waals surface area contributed by atoms with Crippen LogP contribution in [0.3, 0.4) is 0 Å². The van der Waals surface area contributed by atoms with Crippen molar-refractivity contribution in [3.63, 3.8) is 0 Å². The molecule has 1 fully saturated rings. The van der Waals surface area contributed by atoms with Crippen LogP contribution in [0, 0.1) is 12.8 Å². The maximum Gasteiger partial charge on any atom is 0.0875 e. The molecule has 82 valence electrons. The molecular formula is C13H18O2. The van der Waals surface area contributed by atoms with Crippen LogP contribution in [-0.2, 0) is 4.74 Å². The van der Waals surface area contributed by atoms with Gasteiger partial charge in [-0.2, -0.15) is 0 Å². The molecule has 0 spiro atoms. The third-order valence-electron chi connectivity index (χ3n) is 3.05. The first-order valence-electron chi connectivity index (χ1n) is 5.60. The van der Waals surface area contributed by atoms with Crippen LogP contribution in [-0.4, -0.2) is 18.3 Å².